The van der Waals surface area contributed by atoms with E-state index in [-0.39, 0.29) is 29.8 Å². The van der Waals surface area contributed by atoms with Gasteiger partial charge in [0, 0.05) is 23.2 Å². The highest BCUT2D eigenvalue weighted by molar-refractivity contribution is 5.89. The summed E-state index contributed by atoms with van der Waals surface area (Å²) in [5.41, 5.74) is 3.86. The normalized spacial score (nSPS) is 12.6. The van der Waals surface area contributed by atoms with E-state index in [9.17, 15) is 14.3 Å². The fraction of sp³-hybridized carbons (Fsp3) is 0.318. The molecule has 0 radical (unpaired) electrons. The first kappa shape index (κ1) is 19.0. The van der Waals surface area contributed by atoms with Gasteiger partial charge in [-0.25, -0.2) is 4.39 Å². The van der Waals surface area contributed by atoms with Gasteiger partial charge >= 0.3 is 5.97 Å². The smallest absolute Gasteiger partial charge is 0.303 e. The average Bonchev–Trinajstić information content (AvgIpc) is 2.95. The lowest BCUT2D eigenvalue weighted by atomic mass is 9.90. The van der Waals surface area contributed by atoms with Crippen molar-refractivity contribution in [3.8, 4) is 11.4 Å². The molecule has 0 saturated carbocycles. The molecule has 3 aromatic rings. The molecule has 5 heteroatoms. The maximum atomic E-state index is 13.4. The molecule has 0 aliphatic rings. The van der Waals surface area contributed by atoms with Crippen LogP contribution >= 0.6 is 0 Å². The molecule has 1 heterocycles. The molecule has 142 valence electrons. The van der Waals surface area contributed by atoms with E-state index in [0.29, 0.717) is 6.42 Å². The largest absolute Gasteiger partial charge is 0.508 e. The Labute approximate surface area is 157 Å². The molecule has 0 amide bonds. The van der Waals surface area contributed by atoms with Gasteiger partial charge in [0.25, 0.3) is 0 Å². The summed E-state index contributed by atoms with van der Waals surface area (Å²) in [6, 6.07) is 11.6. The number of aromatic hydroxyl groups is 1. The van der Waals surface area contributed by atoms with Crippen molar-refractivity contribution in [2.24, 2.45) is 0 Å². The second-order valence-electron chi connectivity index (χ2n) is 7.30. The Hall–Kier alpha value is -2.82. The zero-order chi connectivity index (χ0) is 19.7. The monoisotopic (exact) mass is 369 g/mol. The summed E-state index contributed by atoms with van der Waals surface area (Å²) in [7, 11) is 0. The van der Waals surface area contributed by atoms with Gasteiger partial charge in [-0.2, -0.15) is 0 Å². The molecule has 27 heavy (non-hydrogen) atoms. The maximum absolute atomic E-state index is 13.4. The molecule has 0 fully saturated rings. The van der Waals surface area contributed by atoms with Crippen LogP contribution in [0.1, 0.15) is 56.7 Å². The van der Waals surface area contributed by atoms with Crippen molar-refractivity contribution >= 4 is 16.9 Å². The van der Waals surface area contributed by atoms with E-state index in [1.165, 1.54) is 12.1 Å². The van der Waals surface area contributed by atoms with Crippen LogP contribution in [0.2, 0.25) is 0 Å². The Morgan fingerprint density at radius 2 is 1.78 bits per heavy atom. The van der Waals surface area contributed by atoms with Crippen molar-refractivity contribution in [1.29, 1.82) is 0 Å². The highest BCUT2D eigenvalue weighted by atomic mass is 19.1. The first-order valence-corrected chi connectivity index (χ1v) is 9.14. The molecule has 1 aromatic heterocycles. The Morgan fingerprint density at radius 1 is 1.11 bits per heavy atom. The first-order valence-electron chi connectivity index (χ1n) is 9.14. The van der Waals surface area contributed by atoms with Crippen molar-refractivity contribution in [3.05, 3.63) is 59.5 Å². The summed E-state index contributed by atoms with van der Waals surface area (Å²) >= 11 is 0. The lowest BCUT2D eigenvalue weighted by molar-refractivity contribution is -0.137. The number of halogens is 1. The van der Waals surface area contributed by atoms with E-state index in [2.05, 4.69) is 18.4 Å². The molecule has 0 aliphatic heterocycles. The number of carboxylic acids is 1. The number of phenols is 1. The molecule has 0 bridgehead atoms. The van der Waals surface area contributed by atoms with Gasteiger partial charge in [0.1, 0.15) is 11.6 Å². The molecule has 0 spiro atoms. The minimum absolute atomic E-state index is 0.00417. The highest BCUT2D eigenvalue weighted by Crippen LogP contribution is 2.40. The summed E-state index contributed by atoms with van der Waals surface area (Å²) in [6.45, 7) is 6.19. The van der Waals surface area contributed by atoms with E-state index in [0.717, 1.165) is 27.8 Å². The molecule has 4 nitrogen and oxygen atoms in total. The van der Waals surface area contributed by atoms with E-state index in [1.54, 1.807) is 24.3 Å². The third-order valence-corrected chi connectivity index (χ3v) is 4.94. The van der Waals surface area contributed by atoms with Crippen LogP contribution in [0.4, 0.5) is 4.39 Å². The zero-order valence-corrected chi connectivity index (χ0v) is 15.7. The van der Waals surface area contributed by atoms with Gasteiger partial charge in [0.2, 0.25) is 0 Å². The number of hydrogen-bond donors (Lipinski definition) is 2. The number of fused-ring (bicyclic) bond motifs is 1. The van der Waals surface area contributed by atoms with Crippen LogP contribution in [-0.2, 0) is 4.79 Å². The summed E-state index contributed by atoms with van der Waals surface area (Å²) in [5, 5.41) is 20.0. The van der Waals surface area contributed by atoms with Crippen LogP contribution in [0.3, 0.4) is 0 Å². The van der Waals surface area contributed by atoms with Crippen molar-refractivity contribution in [2.75, 3.05) is 0 Å². The Bertz CT molecular complexity index is 973. The molecule has 2 N–H and O–H groups in total. The van der Waals surface area contributed by atoms with Crippen LogP contribution in [0.15, 0.2) is 42.5 Å². The number of aliphatic carboxylic acids is 1. The average molecular weight is 369 g/mol. The lowest BCUT2D eigenvalue weighted by Crippen LogP contribution is -2.07. The maximum Gasteiger partial charge on any atom is 0.303 e. The number of benzene rings is 2. The minimum atomic E-state index is -0.821. The summed E-state index contributed by atoms with van der Waals surface area (Å²) in [4.78, 5) is 11.0. The Morgan fingerprint density at radius 3 is 2.37 bits per heavy atom. The first-order chi connectivity index (χ1) is 12.8. The number of carboxylic acid groups (broad SMARTS) is 1. The van der Waals surface area contributed by atoms with Crippen LogP contribution in [0.5, 0.6) is 5.75 Å². The topological polar surface area (TPSA) is 62.5 Å². The van der Waals surface area contributed by atoms with Crippen molar-refractivity contribution in [2.45, 2.75) is 45.4 Å². The number of nitrogens with zero attached hydrogens (tertiary/aromatic N) is 1. The van der Waals surface area contributed by atoms with Gasteiger partial charge in [-0.3, -0.25) is 4.79 Å². The van der Waals surface area contributed by atoms with E-state index in [4.69, 9.17) is 5.11 Å². The van der Waals surface area contributed by atoms with Gasteiger partial charge in [0.05, 0.1) is 5.52 Å². The number of aromatic nitrogens is 1. The second-order valence-corrected chi connectivity index (χ2v) is 7.30. The third-order valence-electron chi connectivity index (χ3n) is 4.94. The molecule has 3 rings (SSSR count). The number of hydrogen-bond acceptors (Lipinski definition) is 2. The van der Waals surface area contributed by atoms with Gasteiger partial charge in [0.15, 0.2) is 0 Å². The summed E-state index contributed by atoms with van der Waals surface area (Å²) < 4.78 is 15.5. The van der Waals surface area contributed by atoms with Crippen LogP contribution in [-0.4, -0.2) is 20.7 Å². The number of rotatable bonds is 6. The molecule has 1 atom stereocenters. The predicted octanol–water partition coefficient (Wildman–Crippen LogP) is 5.57. The van der Waals surface area contributed by atoms with Gasteiger partial charge in [-0.1, -0.05) is 20.8 Å². The fourth-order valence-corrected chi connectivity index (χ4v) is 3.76. The number of carbonyl (C=O) groups is 1. The molecule has 0 saturated heterocycles. The van der Waals surface area contributed by atoms with Crippen LogP contribution in [0.25, 0.3) is 16.6 Å². The third kappa shape index (κ3) is 3.68. The fourth-order valence-electron chi connectivity index (χ4n) is 3.76. The van der Waals surface area contributed by atoms with Gasteiger partial charge in [-0.05, 0) is 66.3 Å². The Kier molecular flexibility index (Phi) is 5.22. The SMILES string of the molecule is CC(C)c1c(C(C)CCC(=O)O)c2cc(O)ccc2n1-c1ccc(F)cc1. The van der Waals surface area contributed by atoms with Gasteiger partial charge < -0.3 is 14.8 Å². The summed E-state index contributed by atoms with van der Waals surface area (Å²) in [5.74, 6) is -0.788. The van der Waals surface area contributed by atoms with E-state index in [1.807, 2.05) is 13.0 Å². The molecule has 2 aromatic carbocycles. The zero-order valence-electron chi connectivity index (χ0n) is 15.7. The molecule has 0 aliphatic carbocycles. The van der Waals surface area contributed by atoms with Crippen LogP contribution < -0.4 is 0 Å². The summed E-state index contributed by atoms with van der Waals surface area (Å²) in [6.07, 6.45) is 0.591. The van der Waals surface area contributed by atoms with Crippen molar-refractivity contribution in [1.82, 2.24) is 4.57 Å². The van der Waals surface area contributed by atoms with Crippen LogP contribution in [0, 0.1) is 5.82 Å². The predicted molar refractivity (Wildman–Crippen MR) is 104 cm³/mol. The molecular formula is C22H24FNO3. The lowest BCUT2D eigenvalue weighted by Gasteiger charge is -2.18. The minimum Gasteiger partial charge on any atom is -0.508 e. The molecular weight excluding hydrogens is 345 g/mol. The highest BCUT2D eigenvalue weighted by Gasteiger charge is 2.24. The quantitative estimate of drug-likeness (QED) is 0.597. The van der Waals surface area contributed by atoms with E-state index >= 15 is 0 Å². The standard InChI is InChI=1S/C22H24FNO3/c1-13(2)22-21(14(3)4-11-20(26)27)18-12-17(25)9-10-19(18)24(22)16-7-5-15(23)6-8-16/h5-10,12-14,25H,4,11H2,1-3H3,(H,26,27). The van der Waals surface area contributed by atoms with Crippen molar-refractivity contribution in [3.63, 3.8) is 0 Å². The Balaban J connectivity index is 2.29. The number of phenolic OH excluding ortho intramolecular Hbond substituents is 1. The van der Waals surface area contributed by atoms with E-state index < -0.39 is 5.97 Å². The molecule has 1 unspecified atom stereocenters. The van der Waals surface area contributed by atoms with Crippen molar-refractivity contribution < 1.29 is 19.4 Å². The second kappa shape index (κ2) is 7.43. The van der Waals surface area contributed by atoms with Gasteiger partial charge in [-0.15, -0.1) is 0 Å².